The molecule has 0 saturated carbocycles. The lowest BCUT2D eigenvalue weighted by Crippen LogP contribution is -1.90. The van der Waals surface area contributed by atoms with E-state index in [0.29, 0.717) is 0 Å². The minimum atomic E-state index is 1.11. The van der Waals surface area contributed by atoms with Gasteiger partial charge in [0, 0.05) is 18.3 Å². The van der Waals surface area contributed by atoms with Gasteiger partial charge in [-0.15, -0.1) is 0 Å². The van der Waals surface area contributed by atoms with Crippen molar-refractivity contribution in [3.63, 3.8) is 0 Å². The van der Waals surface area contributed by atoms with Crippen molar-refractivity contribution in [1.82, 2.24) is 0 Å². The van der Waals surface area contributed by atoms with Crippen LogP contribution in [0.25, 0.3) is 0 Å². The largest absolute Gasteiger partial charge is 0.384 e. The normalized spacial score (nSPS) is 11.2. The van der Waals surface area contributed by atoms with Crippen molar-refractivity contribution in [1.29, 1.82) is 0 Å². The second kappa shape index (κ2) is 5.10. The van der Waals surface area contributed by atoms with Gasteiger partial charge >= 0.3 is 0 Å². The topological polar surface area (TPSA) is 38.0 Å². The van der Waals surface area contributed by atoms with E-state index in [1.807, 2.05) is 0 Å². The van der Waals surface area contributed by atoms with Crippen molar-refractivity contribution < 1.29 is 0 Å². The number of nitrogens with one attached hydrogen (secondary N) is 1. The third-order valence-corrected chi connectivity index (χ3v) is 1.87. The maximum Gasteiger partial charge on any atom is 0.0373 e. The van der Waals surface area contributed by atoms with Crippen molar-refractivity contribution >= 4 is 5.69 Å². The molecule has 68 valence electrons. The fourth-order valence-corrected chi connectivity index (χ4v) is 1.24. The average Bonchev–Trinajstić information content (AvgIpc) is 2.66. The van der Waals surface area contributed by atoms with Crippen molar-refractivity contribution in [2.75, 3.05) is 11.9 Å². The molecule has 0 radical (unpaired) electrons. The van der Waals surface area contributed by atoms with E-state index in [2.05, 4.69) is 47.3 Å². The number of fused-ring (bicyclic) bond motifs is 1. The van der Waals surface area contributed by atoms with E-state index < -0.39 is 0 Å². The molecule has 1 aliphatic heterocycles. The van der Waals surface area contributed by atoms with Gasteiger partial charge in [-0.3, -0.25) is 0 Å². The quantitative estimate of drug-likeness (QED) is 0.463. The molecule has 0 fully saturated rings. The molecule has 1 heterocycles. The summed E-state index contributed by atoms with van der Waals surface area (Å²) in [4.78, 5) is 0. The van der Waals surface area contributed by atoms with Gasteiger partial charge in [-0.2, -0.15) is 0 Å². The van der Waals surface area contributed by atoms with E-state index in [4.69, 9.17) is 0 Å². The Bertz CT molecular complexity index is 291. The zero-order chi connectivity index (χ0) is 9.52. The number of nitrogens with two attached hydrogens (primary N) is 1. The molecule has 0 unspecified atom stereocenters. The van der Waals surface area contributed by atoms with E-state index >= 15 is 0 Å². The van der Waals surface area contributed by atoms with E-state index in [1.165, 1.54) is 17.7 Å². The molecule has 0 spiro atoms. The molecule has 1 aromatic rings. The summed E-state index contributed by atoms with van der Waals surface area (Å²) in [6, 6.07) is 10.6. The van der Waals surface area contributed by atoms with Gasteiger partial charge in [0.2, 0.25) is 0 Å². The maximum atomic E-state index is 4.67. The number of hydrogen-bond donors (Lipinski definition) is 2. The highest BCUT2D eigenvalue weighted by molar-refractivity contribution is 5.54. The van der Waals surface area contributed by atoms with Crippen LogP contribution in [0.15, 0.2) is 24.3 Å². The molecule has 3 N–H and O–H groups in total. The minimum absolute atomic E-state index is 1.11. The van der Waals surface area contributed by atoms with E-state index in [9.17, 15) is 0 Å². The summed E-state index contributed by atoms with van der Waals surface area (Å²) in [5, 5.41) is 3.30. The van der Waals surface area contributed by atoms with Crippen LogP contribution in [0.5, 0.6) is 0 Å². The van der Waals surface area contributed by atoms with Gasteiger partial charge in [-0.05, 0) is 25.0 Å². The van der Waals surface area contributed by atoms with Gasteiger partial charge in [0.05, 0.1) is 0 Å². The Morgan fingerprint density at radius 2 is 2.08 bits per heavy atom. The van der Waals surface area contributed by atoms with Crippen LogP contribution in [0.1, 0.15) is 12.5 Å². The Kier molecular flexibility index (Phi) is 3.72. The molecular formula is C11H14N2. The van der Waals surface area contributed by atoms with Crippen LogP contribution >= 0.6 is 0 Å². The number of rotatable bonds is 0. The van der Waals surface area contributed by atoms with Gasteiger partial charge in [-0.25, -0.2) is 0 Å². The predicted molar refractivity (Wildman–Crippen MR) is 56.3 cm³/mol. The van der Waals surface area contributed by atoms with Gasteiger partial charge < -0.3 is 11.1 Å². The molecule has 0 amide bonds. The fraction of sp³-hybridized carbons (Fsp3) is 0.273. The molecule has 0 atom stereocenters. The summed E-state index contributed by atoms with van der Waals surface area (Å²) < 4.78 is 0. The van der Waals surface area contributed by atoms with E-state index in [0.717, 1.165) is 6.54 Å². The van der Waals surface area contributed by atoms with Gasteiger partial charge in [0.1, 0.15) is 0 Å². The number of para-hydroxylation sites is 1. The van der Waals surface area contributed by atoms with E-state index in [-0.39, 0.29) is 0 Å². The van der Waals surface area contributed by atoms with Crippen LogP contribution in [0.3, 0.4) is 0 Å². The lowest BCUT2D eigenvalue weighted by molar-refractivity contribution is 1.11. The number of benzene rings is 1. The molecule has 1 aliphatic rings. The standard InChI is InChI=1S/C8H9N.C3H5N/c1-2-4-8-7(3-1)5-6-9-8;1-2-3-4/h1-4,9H,5-6H2;4H2,1H3. The summed E-state index contributed by atoms with van der Waals surface area (Å²) in [5.41, 5.74) is 7.44. The Morgan fingerprint density at radius 3 is 2.69 bits per heavy atom. The third-order valence-electron chi connectivity index (χ3n) is 1.87. The summed E-state index contributed by atoms with van der Waals surface area (Å²) >= 11 is 0. The van der Waals surface area contributed by atoms with Crippen LogP contribution in [0, 0.1) is 12.0 Å². The maximum absolute atomic E-state index is 4.67. The fourth-order valence-electron chi connectivity index (χ4n) is 1.24. The first-order chi connectivity index (χ1) is 6.38. The first-order valence-electron chi connectivity index (χ1n) is 4.32. The number of hydrogen-bond acceptors (Lipinski definition) is 2. The highest BCUT2D eigenvalue weighted by atomic mass is 14.9. The van der Waals surface area contributed by atoms with Crippen LogP contribution < -0.4 is 11.1 Å². The lowest BCUT2D eigenvalue weighted by atomic mass is 10.2. The Labute approximate surface area is 79.1 Å². The Morgan fingerprint density at radius 1 is 1.38 bits per heavy atom. The van der Waals surface area contributed by atoms with Gasteiger partial charge in [0.25, 0.3) is 0 Å². The van der Waals surface area contributed by atoms with Crippen molar-refractivity contribution in [2.45, 2.75) is 13.3 Å². The molecule has 0 aliphatic carbocycles. The zero-order valence-corrected chi connectivity index (χ0v) is 7.80. The molecule has 2 nitrogen and oxygen atoms in total. The molecule has 2 heteroatoms. The zero-order valence-electron chi connectivity index (χ0n) is 7.80. The molecule has 0 saturated heterocycles. The second-order valence-electron chi connectivity index (χ2n) is 2.73. The molecule has 0 bridgehead atoms. The van der Waals surface area contributed by atoms with Crippen molar-refractivity contribution in [3.8, 4) is 12.0 Å². The van der Waals surface area contributed by atoms with E-state index in [1.54, 1.807) is 6.92 Å². The van der Waals surface area contributed by atoms with Crippen LogP contribution in [-0.2, 0) is 6.42 Å². The Balaban J connectivity index is 0.000000184. The van der Waals surface area contributed by atoms with Crippen LogP contribution in [-0.4, -0.2) is 6.54 Å². The Hall–Kier alpha value is -1.62. The lowest BCUT2D eigenvalue weighted by Gasteiger charge is -1.94. The molecule has 13 heavy (non-hydrogen) atoms. The second-order valence-corrected chi connectivity index (χ2v) is 2.73. The summed E-state index contributed by atoms with van der Waals surface area (Å²) in [6.45, 7) is 2.80. The molecule has 0 aromatic heterocycles. The van der Waals surface area contributed by atoms with Crippen molar-refractivity contribution in [2.24, 2.45) is 5.73 Å². The SMILES string of the molecule is CC#CN.c1ccc2c(c1)CCN2. The monoisotopic (exact) mass is 174 g/mol. The summed E-state index contributed by atoms with van der Waals surface area (Å²) in [6.07, 6.45) is 1.19. The van der Waals surface area contributed by atoms with Gasteiger partial charge in [-0.1, -0.05) is 24.1 Å². The van der Waals surface area contributed by atoms with Crippen molar-refractivity contribution in [3.05, 3.63) is 29.8 Å². The molecular weight excluding hydrogens is 160 g/mol. The first-order valence-corrected chi connectivity index (χ1v) is 4.32. The first kappa shape index (κ1) is 9.47. The smallest absolute Gasteiger partial charge is 0.0373 e. The highest BCUT2D eigenvalue weighted by Gasteiger charge is 2.05. The molecule has 1 aromatic carbocycles. The average molecular weight is 174 g/mol. The predicted octanol–water partition coefficient (Wildman–Crippen LogP) is 1.58. The van der Waals surface area contributed by atoms with Crippen LogP contribution in [0.4, 0.5) is 5.69 Å². The minimum Gasteiger partial charge on any atom is -0.384 e. The molecule has 2 rings (SSSR count). The van der Waals surface area contributed by atoms with Gasteiger partial charge in [0.15, 0.2) is 0 Å². The summed E-state index contributed by atoms with van der Waals surface area (Å²) in [5.74, 6) is 2.46. The summed E-state index contributed by atoms with van der Waals surface area (Å²) in [7, 11) is 0. The van der Waals surface area contributed by atoms with Crippen LogP contribution in [0.2, 0.25) is 0 Å². The highest BCUT2D eigenvalue weighted by Crippen LogP contribution is 2.19. The number of anilines is 1. The third kappa shape index (κ3) is 2.72.